The van der Waals surface area contributed by atoms with Crippen molar-refractivity contribution < 1.29 is 0 Å². The van der Waals surface area contributed by atoms with Crippen LogP contribution in [0.15, 0.2) is 15.6 Å². The molecule has 5 heteroatoms. The average molecular weight is 300 g/mol. The smallest absolute Gasteiger partial charge is 0.267 e. The van der Waals surface area contributed by atoms with Crippen LogP contribution < -0.4 is 10.5 Å². The highest BCUT2D eigenvalue weighted by Crippen LogP contribution is 2.36. The van der Waals surface area contributed by atoms with E-state index in [1.807, 2.05) is 0 Å². The van der Waals surface area contributed by atoms with Crippen molar-refractivity contribution >= 4 is 21.7 Å². The molecule has 1 atom stereocenters. The van der Waals surface area contributed by atoms with Crippen LogP contribution in [0, 0.1) is 11.3 Å². The summed E-state index contributed by atoms with van der Waals surface area (Å²) in [5.74, 6) is 1.41. The molecule has 2 rings (SSSR count). The molecule has 0 aromatic carbocycles. The van der Waals surface area contributed by atoms with Gasteiger partial charge in [-0.25, -0.2) is 4.98 Å². The number of aromatic nitrogens is 2. The van der Waals surface area contributed by atoms with Gasteiger partial charge in [-0.15, -0.1) is 0 Å². The second kappa shape index (κ2) is 4.44. The maximum absolute atomic E-state index is 11.5. The normalized spacial score (nSPS) is 20.9. The molecule has 0 bridgehead atoms. The lowest BCUT2D eigenvalue weighted by Crippen LogP contribution is -2.27. The van der Waals surface area contributed by atoms with Gasteiger partial charge in [0, 0.05) is 13.1 Å². The quantitative estimate of drug-likeness (QED) is 0.866. The Morgan fingerprint density at radius 1 is 1.53 bits per heavy atom. The van der Waals surface area contributed by atoms with Gasteiger partial charge in [0.2, 0.25) is 0 Å². The molecule has 4 nitrogen and oxygen atoms in total. The van der Waals surface area contributed by atoms with Crippen LogP contribution in [0.3, 0.4) is 0 Å². The summed E-state index contributed by atoms with van der Waals surface area (Å²) in [6.07, 6.45) is 2.62. The second-order valence-electron chi connectivity index (χ2n) is 5.67. The highest BCUT2D eigenvalue weighted by atomic mass is 79.9. The van der Waals surface area contributed by atoms with Crippen molar-refractivity contribution in [2.75, 3.05) is 18.0 Å². The molecule has 0 saturated carbocycles. The maximum atomic E-state index is 11.5. The SMILES string of the molecule is CC(C)(C)C1CCN(c2nc[nH]c(=O)c2Br)C1. The number of rotatable bonds is 1. The fraction of sp³-hybridized carbons (Fsp3) is 0.667. The number of hydrogen-bond acceptors (Lipinski definition) is 3. The summed E-state index contributed by atoms with van der Waals surface area (Å²) in [6.45, 7) is 8.74. The number of hydrogen-bond donors (Lipinski definition) is 1. The lowest BCUT2D eigenvalue weighted by Gasteiger charge is -2.27. The van der Waals surface area contributed by atoms with Gasteiger partial charge in [0.25, 0.3) is 5.56 Å². The van der Waals surface area contributed by atoms with Crippen molar-refractivity contribution in [3.63, 3.8) is 0 Å². The van der Waals surface area contributed by atoms with Crippen LogP contribution in [0.2, 0.25) is 0 Å². The summed E-state index contributed by atoms with van der Waals surface area (Å²) in [7, 11) is 0. The fourth-order valence-corrected chi connectivity index (χ4v) is 2.72. The number of nitrogens with zero attached hydrogens (tertiary/aromatic N) is 2. The van der Waals surface area contributed by atoms with E-state index >= 15 is 0 Å². The molecule has 1 saturated heterocycles. The van der Waals surface area contributed by atoms with Gasteiger partial charge < -0.3 is 9.88 Å². The third-order valence-electron chi connectivity index (χ3n) is 3.49. The van der Waals surface area contributed by atoms with Crippen molar-refractivity contribution in [2.24, 2.45) is 11.3 Å². The van der Waals surface area contributed by atoms with Gasteiger partial charge >= 0.3 is 0 Å². The summed E-state index contributed by atoms with van der Waals surface area (Å²) in [5, 5.41) is 0. The highest BCUT2D eigenvalue weighted by Gasteiger charge is 2.33. The second-order valence-corrected chi connectivity index (χ2v) is 6.46. The molecule has 2 heterocycles. The van der Waals surface area contributed by atoms with Crippen molar-refractivity contribution in [2.45, 2.75) is 27.2 Å². The van der Waals surface area contributed by atoms with Crippen LogP contribution in [-0.2, 0) is 0 Å². The molecule has 17 heavy (non-hydrogen) atoms. The molecular weight excluding hydrogens is 282 g/mol. The number of anilines is 1. The van der Waals surface area contributed by atoms with Crippen molar-refractivity contribution in [3.05, 3.63) is 21.2 Å². The molecule has 1 unspecified atom stereocenters. The van der Waals surface area contributed by atoms with Crippen molar-refractivity contribution in [1.82, 2.24) is 9.97 Å². The molecule has 1 aromatic rings. The fourth-order valence-electron chi connectivity index (χ4n) is 2.25. The van der Waals surface area contributed by atoms with Crippen LogP contribution in [0.5, 0.6) is 0 Å². The number of aromatic amines is 1. The summed E-state index contributed by atoms with van der Waals surface area (Å²) in [4.78, 5) is 20.5. The first-order valence-electron chi connectivity index (χ1n) is 5.87. The van der Waals surface area contributed by atoms with Crippen LogP contribution in [-0.4, -0.2) is 23.1 Å². The topological polar surface area (TPSA) is 49.0 Å². The van der Waals surface area contributed by atoms with Gasteiger partial charge in [0.15, 0.2) is 0 Å². The van der Waals surface area contributed by atoms with Gasteiger partial charge in [0.05, 0.1) is 6.33 Å². The van der Waals surface area contributed by atoms with Crippen molar-refractivity contribution in [3.8, 4) is 0 Å². The molecule has 0 radical (unpaired) electrons. The Bertz CT molecular complexity index is 464. The van der Waals surface area contributed by atoms with Gasteiger partial charge in [-0.2, -0.15) is 0 Å². The summed E-state index contributed by atoms with van der Waals surface area (Å²) in [5.41, 5.74) is 0.191. The predicted molar refractivity (Wildman–Crippen MR) is 72.3 cm³/mol. The van der Waals surface area contributed by atoms with Crippen LogP contribution >= 0.6 is 15.9 Å². The van der Waals surface area contributed by atoms with Gasteiger partial charge in [-0.05, 0) is 33.7 Å². The first-order chi connectivity index (χ1) is 7.89. The monoisotopic (exact) mass is 299 g/mol. The number of halogens is 1. The molecule has 0 aliphatic carbocycles. The lowest BCUT2D eigenvalue weighted by molar-refractivity contribution is 0.263. The molecule has 1 N–H and O–H groups in total. The predicted octanol–water partition coefficient (Wildman–Crippen LogP) is 2.40. The van der Waals surface area contributed by atoms with Gasteiger partial charge in [-0.1, -0.05) is 20.8 Å². The lowest BCUT2D eigenvalue weighted by atomic mass is 9.80. The average Bonchev–Trinajstić information content (AvgIpc) is 2.70. The van der Waals surface area contributed by atoms with E-state index in [0.717, 1.165) is 25.3 Å². The molecule has 1 aliphatic rings. The Kier molecular flexibility index (Phi) is 3.30. The van der Waals surface area contributed by atoms with Crippen LogP contribution in [0.1, 0.15) is 27.2 Å². The third-order valence-corrected chi connectivity index (χ3v) is 4.21. The molecule has 1 aromatic heterocycles. The van der Waals surface area contributed by atoms with Gasteiger partial charge in [0.1, 0.15) is 10.3 Å². The van der Waals surface area contributed by atoms with E-state index in [1.165, 1.54) is 6.33 Å². The first-order valence-corrected chi connectivity index (χ1v) is 6.67. The van der Waals surface area contributed by atoms with Crippen LogP contribution in [0.4, 0.5) is 5.82 Å². The number of nitrogens with one attached hydrogen (secondary N) is 1. The summed E-state index contributed by atoms with van der Waals surface area (Å²) >= 11 is 3.31. The molecule has 1 aliphatic heterocycles. The minimum absolute atomic E-state index is 0.116. The third kappa shape index (κ3) is 2.54. The Morgan fingerprint density at radius 2 is 2.24 bits per heavy atom. The Labute approximate surface area is 110 Å². The Balaban J connectivity index is 2.21. The zero-order valence-electron chi connectivity index (χ0n) is 10.5. The standard InChI is InChI=1S/C12H18BrN3O/c1-12(2,3)8-4-5-16(6-8)10-9(13)11(17)15-7-14-10/h7-8H,4-6H2,1-3H3,(H,14,15,17). The van der Waals surface area contributed by atoms with Gasteiger partial charge in [-0.3, -0.25) is 4.79 Å². The maximum Gasteiger partial charge on any atom is 0.267 e. The zero-order valence-corrected chi connectivity index (χ0v) is 12.0. The van der Waals surface area contributed by atoms with E-state index in [0.29, 0.717) is 15.8 Å². The molecule has 0 amide bonds. The Morgan fingerprint density at radius 3 is 2.82 bits per heavy atom. The van der Waals surface area contributed by atoms with Crippen molar-refractivity contribution in [1.29, 1.82) is 0 Å². The van der Waals surface area contributed by atoms with E-state index in [-0.39, 0.29) is 5.56 Å². The minimum atomic E-state index is -0.116. The van der Waals surface area contributed by atoms with Crippen LogP contribution in [0.25, 0.3) is 0 Å². The minimum Gasteiger partial charge on any atom is -0.355 e. The van der Waals surface area contributed by atoms with E-state index < -0.39 is 0 Å². The van der Waals surface area contributed by atoms with E-state index in [1.54, 1.807) is 0 Å². The molecule has 94 valence electrons. The zero-order chi connectivity index (χ0) is 12.6. The molecule has 0 spiro atoms. The summed E-state index contributed by atoms with van der Waals surface area (Å²) < 4.78 is 0.537. The Hall–Kier alpha value is -0.840. The summed E-state index contributed by atoms with van der Waals surface area (Å²) in [6, 6.07) is 0. The molecule has 1 fully saturated rings. The molecular formula is C12H18BrN3O. The van der Waals surface area contributed by atoms with E-state index in [4.69, 9.17) is 0 Å². The van der Waals surface area contributed by atoms with E-state index in [2.05, 4.69) is 51.6 Å². The largest absolute Gasteiger partial charge is 0.355 e. The first kappa shape index (κ1) is 12.6. The number of H-pyrrole nitrogens is 1. The van der Waals surface area contributed by atoms with E-state index in [9.17, 15) is 4.79 Å². The highest BCUT2D eigenvalue weighted by molar-refractivity contribution is 9.10.